The van der Waals surface area contributed by atoms with Gasteiger partial charge in [0.05, 0.1) is 5.92 Å². The van der Waals surface area contributed by atoms with E-state index >= 15 is 0 Å². The molecule has 2 atom stereocenters. The fourth-order valence-electron chi connectivity index (χ4n) is 3.30. The molecule has 2 amide bonds. The van der Waals surface area contributed by atoms with Crippen LogP contribution in [-0.2, 0) is 9.59 Å². The summed E-state index contributed by atoms with van der Waals surface area (Å²) in [4.78, 5) is 36.3. The largest absolute Gasteiger partial charge is 0.481 e. The Labute approximate surface area is 164 Å². The van der Waals surface area contributed by atoms with Crippen molar-refractivity contribution in [3.63, 3.8) is 0 Å². The third-order valence-electron chi connectivity index (χ3n) is 5.31. The molecule has 1 aliphatic carbocycles. The number of hydrogen-bond acceptors (Lipinski definition) is 3. The summed E-state index contributed by atoms with van der Waals surface area (Å²) in [7, 11) is 0. The lowest BCUT2D eigenvalue weighted by atomic mass is 9.86. The third kappa shape index (κ3) is 5.96. The van der Waals surface area contributed by atoms with E-state index < -0.39 is 12.0 Å². The van der Waals surface area contributed by atoms with Crippen LogP contribution < -0.4 is 10.6 Å². The second-order valence-electron chi connectivity index (χ2n) is 7.24. The molecule has 2 rings (SSSR count). The summed E-state index contributed by atoms with van der Waals surface area (Å²) in [6.45, 7) is 3.89. The Morgan fingerprint density at radius 3 is 2.26 bits per heavy atom. The molecule has 1 saturated carbocycles. The van der Waals surface area contributed by atoms with Gasteiger partial charge in [0, 0.05) is 16.6 Å². The van der Waals surface area contributed by atoms with E-state index in [9.17, 15) is 14.4 Å². The van der Waals surface area contributed by atoms with Gasteiger partial charge in [0.1, 0.15) is 6.04 Å². The highest BCUT2D eigenvalue weighted by Crippen LogP contribution is 2.24. The van der Waals surface area contributed by atoms with E-state index in [1.807, 2.05) is 13.8 Å². The highest BCUT2D eigenvalue weighted by atomic mass is 35.5. The molecule has 27 heavy (non-hydrogen) atoms. The van der Waals surface area contributed by atoms with Crippen molar-refractivity contribution < 1.29 is 19.5 Å². The summed E-state index contributed by atoms with van der Waals surface area (Å²) in [6, 6.07) is 5.82. The maximum absolute atomic E-state index is 12.8. The van der Waals surface area contributed by atoms with Gasteiger partial charge in [-0.25, -0.2) is 0 Å². The van der Waals surface area contributed by atoms with Gasteiger partial charge in [-0.3, -0.25) is 14.4 Å². The number of hydrogen-bond donors (Lipinski definition) is 3. The average molecular weight is 395 g/mol. The Morgan fingerprint density at radius 2 is 1.74 bits per heavy atom. The molecule has 1 aromatic rings. The summed E-state index contributed by atoms with van der Waals surface area (Å²) >= 11 is 5.85. The molecule has 6 nitrogen and oxygen atoms in total. The van der Waals surface area contributed by atoms with Crippen LogP contribution in [-0.4, -0.2) is 35.0 Å². The smallest absolute Gasteiger partial charge is 0.306 e. The minimum atomic E-state index is -0.771. The van der Waals surface area contributed by atoms with E-state index in [-0.39, 0.29) is 29.7 Å². The summed E-state index contributed by atoms with van der Waals surface area (Å²) in [5.41, 5.74) is 0.447. The van der Waals surface area contributed by atoms with Gasteiger partial charge in [0.15, 0.2) is 0 Å². The van der Waals surface area contributed by atoms with Crippen molar-refractivity contribution in [2.24, 2.45) is 11.8 Å². The van der Waals surface area contributed by atoms with Gasteiger partial charge >= 0.3 is 5.97 Å². The first-order valence-corrected chi connectivity index (χ1v) is 9.79. The van der Waals surface area contributed by atoms with E-state index in [4.69, 9.17) is 16.7 Å². The highest BCUT2D eigenvalue weighted by molar-refractivity contribution is 6.30. The molecule has 0 spiro atoms. The number of halogens is 1. The number of carbonyl (C=O) groups is 3. The van der Waals surface area contributed by atoms with Crippen LogP contribution in [0.1, 0.15) is 56.3 Å². The quantitative estimate of drug-likeness (QED) is 0.661. The average Bonchev–Trinajstić information content (AvgIpc) is 2.66. The van der Waals surface area contributed by atoms with Crippen LogP contribution >= 0.6 is 11.6 Å². The molecule has 2 unspecified atom stereocenters. The van der Waals surface area contributed by atoms with Crippen LogP contribution in [0, 0.1) is 11.8 Å². The molecular weight excluding hydrogens is 368 g/mol. The number of nitrogens with one attached hydrogen (secondary N) is 2. The first-order valence-electron chi connectivity index (χ1n) is 9.41. The van der Waals surface area contributed by atoms with Crippen molar-refractivity contribution in [1.29, 1.82) is 0 Å². The van der Waals surface area contributed by atoms with Gasteiger partial charge in [0.2, 0.25) is 5.91 Å². The fourth-order valence-corrected chi connectivity index (χ4v) is 3.43. The minimum Gasteiger partial charge on any atom is -0.481 e. The third-order valence-corrected chi connectivity index (χ3v) is 5.56. The molecule has 7 heteroatoms. The number of carbonyl (C=O) groups excluding carboxylic acids is 2. The second kappa shape index (κ2) is 9.74. The Balaban J connectivity index is 1.98. The molecule has 0 bridgehead atoms. The van der Waals surface area contributed by atoms with Crippen molar-refractivity contribution in [2.45, 2.75) is 58.0 Å². The Hall–Kier alpha value is -2.08. The second-order valence-corrected chi connectivity index (χ2v) is 7.68. The molecule has 1 aliphatic rings. The first kappa shape index (κ1) is 21.2. The zero-order chi connectivity index (χ0) is 20.0. The number of benzene rings is 1. The Morgan fingerprint density at radius 1 is 1.15 bits per heavy atom. The molecule has 1 fully saturated rings. The highest BCUT2D eigenvalue weighted by Gasteiger charge is 2.31. The summed E-state index contributed by atoms with van der Waals surface area (Å²) in [5, 5.41) is 15.4. The summed E-state index contributed by atoms with van der Waals surface area (Å²) in [6.07, 6.45) is 3.14. The zero-order valence-corrected chi connectivity index (χ0v) is 16.5. The first-order chi connectivity index (χ1) is 12.8. The van der Waals surface area contributed by atoms with Gasteiger partial charge in [-0.15, -0.1) is 0 Å². The predicted octanol–water partition coefficient (Wildman–Crippen LogP) is 3.24. The van der Waals surface area contributed by atoms with Crippen LogP contribution in [0.15, 0.2) is 24.3 Å². The van der Waals surface area contributed by atoms with Crippen LogP contribution in [0.5, 0.6) is 0 Å². The lowest BCUT2D eigenvalue weighted by molar-refractivity contribution is -0.142. The Kier molecular flexibility index (Phi) is 7.66. The standard InChI is InChI=1S/C20H27ClN2O4/c1-3-12(2)17(23-18(24)13-4-8-15(21)9-5-13)19(25)22-16-10-6-14(7-11-16)20(26)27/h4-5,8-9,12,14,16-17H,3,6-7,10-11H2,1-2H3,(H,22,25)(H,23,24)(H,26,27). The molecule has 3 N–H and O–H groups in total. The topological polar surface area (TPSA) is 95.5 Å². The predicted molar refractivity (Wildman–Crippen MR) is 104 cm³/mol. The van der Waals surface area contributed by atoms with Crippen molar-refractivity contribution >= 4 is 29.4 Å². The Bertz CT molecular complexity index is 669. The molecule has 1 aromatic carbocycles. The van der Waals surface area contributed by atoms with Crippen LogP contribution in [0.2, 0.25) is 5.02 Å². The van der Waals surface area contributed by atoms with E-state index in [0.29, 0.717) is 36.3 Å². The van der Waals surface area contributed by atoms with Gasteiger partial charge in [0.25, 0.3) is 5.91 Å². The fraction of sp³-hybridized carbons (Fsp3) is 0.550. The lowest BCUT2D eigenvalue weighted by Gasteiger charge is -2.30. The van der Waals surface area contributed by atoms with E-state index in [1.165, 1.54) is 0 Å². The molecular formula is C20H27ClN2O4. The van der Waals surface area contributed by atoms with E-state index in [1.54, 1.807) is 24.3 Å². The molecule has 0 saturated heterocycles. The normalized spacial score (nSPS) is 21.7. The van der Waals surface area contributed by atoms with E-state index in [0.717, 1.165) is 6.42 Å². The van der Waals surface area contributed by atoms with Crippen LogP contribution in [0.3, 0.4) is 0 Å². The minimum absolute atomic E-state index is 0.0309. The van der Waals surface area contributed by atoms with Crippen molar-refractivity contribution in [3.8, 4) is 0 Å². The molecule has 0 aromatic heterocycles. The molecule has 0 aliphatic heterocycles. The van der Waals surface area contributed by atoms with Gasteiger partial charge in [-0.05, 0) is 55.9 Å². The number of aliphatic carboxylic acids is 1. The number of rotatable bonds is 7. The van der Waals surface area contributed by atoms with Crippen molar-refractivity contribution in [3.05, 3.63) is 34.9 Å². The zero-order valence-electron chi connectivity index (χ0n) is 15.7. The number of carboxylic acid groups (broad SMARTS) is 1. The SMILES string of the molecule is CCC(C)C(NC(=O)c1ccc(Cl)cc1)C(=O)NC1CCC(C(=O)O)CC1. The molecule has 0 heterocycles. The van der Waals surface area contributed by atoms with Gasteiger partial charge in [-0.2, -0.15) is 0 Å². The number of carboxylic acids is 1. The summed E-state index contributed by atoms with van der Waals surface area (Å²) in [5.74, 6) is -1.66. The molecule has 148 valence electrons. The van der Waals surface area contributed by atoms with Crippen LogP contribution in [0.25, 0.3) is 0 Å². The maximum atomic E-state index is 12.8. The van der Waals surface area contributed by atoms with Crippen LogP contribution in [0.4, 0.5) is 0 Å². The molecule has 0 radical (unpaired) electrons. The van der Waals surface area contributed by atoms with Gasteiger partial charge < -0.3 is 15.7 Å². The number of amides is 2. The van der Waals surface area contributed by atoms with Crippen molar-refractivity contribution in [2.75, 3.05) is 0 Å². The summed E-state index contributed by atoms with van der Waals surface area (Å²) < 4.78 is 0. The lowest BCUT2D eigenvalue weighted by Crippen LogP contribution is -2.53. The van der Waals surface area contributed by atoms with Gasteiger partial charge in [-0.1, -0.05) is 31.9 Å². The van der Waals surface area contributed by atoms with Crippen molar-refractivity contribution in [1.82, 2.24) is 10.6 Å². The maximum Gasteiger partial charge on any atom is 0.306 e. The monoisotopic (exact) mass is 394 g/mol. The van der Waals surface area contributed by atoms with E-state index in [2.05, 4.69) is 10.6 Å².